The summed E-state index contributed by atoms with van der Waals surface area (Å²) in [6, 6.07) is 21.4. The monoisotopic (exact) mass is 488 g/mol. The summed E-state index contributed by atoms with van der Waals surface area (Å²) in [5, 5.41) is 1.66. The van der Waals surface area contributed by atoms with Crippen LogP contribution in [-0.2, 0) is 14.4 Å². The van der Waals surface area contributed by atoms with E-state index in [0.717, 1.165) is 17.7 Å². The van der Waals surface area contributed by atoms with Gasteiger partial charge in [-0.2, -0.15) is 0 Å². The van der Waals surface area contributed by atoms with Gasteiger partial charge in [-0.15, -0.1) is 0 Å². The zero-order chi connectivity index (χ0) is 25.2. The third kappa shape index (κ3) is 4.03. The number of nitrogens with zero attached hydrogens (tertiary/aromatic N) is 2. The molecule has 8 nitrogen and oxygen atoms in total. The second-order valence-corrected chi connectivity index (χ2v) is 8.63. The Hall–Kier alpha value is -4.04. The molecular weight excluding hydrogens is 460 g/mol. The highest BCUT2D eigenvalue weighted by molar-refractivity contribution is 6.23. The molecule has 2 amide bonds. The number of carbonyl (C=O) groups excluding carboxylic acids is 2. The van der Waals surface area contributed by atoms with Gasteiger partial charge >= 0.3 is 0 Å². The van der Waals surface area contributed by atoms with E-state index in [9.17, 15) is 9.59 Å². The quantitative estimate of drug-likeness (QED) is 0.431. The predicted octanol–water partition coefficient (Wildman–Crippen LogP) is 4.54. The summed E-state index contributed by atoms with van der Waals surface area (Å²) in [7, 11) is 3.13. The van der Waals surface area contributed by atoms with Crippen molar-refractivity contribution in [1.29, 1.82) is 0 Å². The number of benzene rings is 3. The average Bonchev–Trinajstić information content (AvgIpc) is 3.43. The summed E-state index contributed by atoms with van der Waals surface area (Å²) in [4.78, 5) is 34.7. The van der Waals surface area contributed by atoms with Crippen molar-refractivity contribution in [3.63, 3.8) is 0 Å². The highest BCUT2D eigenvalue weighted by Crippen LogP contribution is 2.48. The first-order valence-corrected chi connectivity index (χ1v) is 11.9. The number of hydrogen-bond donors (Lipinski definition) is 0. The number of carbonyl (C=O) groups is 2. The van der Waals surface area contributed by atoms with Crippen LogP contribution in [-0.4, -0.2) is 38.7 Å². The van der Waals surface area contributed by atoms with Crippen molar-refractivity contribution >= 4 is 23.2 Å². The van der Waals surface area contributed by atoms with Gasteiger partial charge in [-0.05, 0) is 60.5 Å². The van der Waals surface area contributed by atoms with E-state index >= 15 is 0 Å². The van der Waals surface area contributed by atoms with Gasteiger partial charge in [0.05, 0.1) is 38.2 Å². The third-order valence-electron chi connectivity index (χ3n) is 6.44. The van der Waals surface area contributed by atoms with Crippen LogP contribution in [0.15, 0.2) is 72.8 Å². The maximum absolute atomic E-state index is 13.8. The van der Waals surface area contributed by atoms with E-state index < -0.39 is 24.0 Å². The molecule has 2 saturated heterocycles. The van der Waals surface area contributed by atoms with Crippen LogP contribution in [0.25, 0.3) is 0 Å². The van der Waals surface area contributed by atoms with Gasteiger partial charge in [-0.3, -0.25) is 14.4 Å². The first-order chi connectivity index (χ1) is 17.6. The second kappa shape index (κ2) is 9.91. The van der Waals surface area contributed by atoms with Crippen LogP contribution in [0.1, 0.15) is 24.9 Å². The Bertz CT molecular complexity index is 1250. The van der Waals surface area contributed by atoms with Crippen LogP contribution in [0.3, 0.4) is 0 Å². The van der Waals surface area contributed by atoms with Gasteiger partial charge in [-0.25, -0.2) is 9.96 Å². The van der Waals surface area contributed by atoms with Gasteiger partial charge in [0.2, 0.25) is 5.91 Å². The van der Waals surface area contributed by atoms with Gasteiger partial charge in [0, 0.05) is 0 Å². The van der Waals surface area contributed by atoms with Crippen molar-refractivity contribution < 1.29 is 28.6 Å². The van der Waals surface area contributed by atoms with Gasteiger partial charge < -0.3 is 14.2 Å². The fraction of sp³-hybridized carbons (Fsp3) is 0.286. The number of hydroxylamine groups is 1. The van der Waals surface area contributed by atoms with Crippen molar-refractivity contribution in [2.75, 3.05) is 30.8 Å². The average molecular weight is 489 g/mol. The number of anilines is 2. The van der Waals surface area contributed by atoms with Crippen LogP contribution in [0, 0.1) is 5.92 Å². The van der Waals surface area contributed by atoms with Crippen molar-refractivity contribution in [3.05, 3.63) is 78.4 Å². The molecule has 186 valence electrons. The van der Waals surface area contributed by atoms with Crippen LogP contribution >= 0.6 is 0 Å². The largest absolute Gasteiger partial charge is 0.494 e. The van der Waals surface area contributed by atoms with E-state index in [-0.39, 0.29) is 5.91 Å². The second-order valence-electron chi connectivity index (χ2n) is 8.63. The van der Waals surface area contributed by atoms with Crippen LogP contribution < -0.4 is 24.2 Å². The van der Waals surface area contributed by atoms with Crippen LogP contribution in [0.4, 0.5) is 11.4 Å². The van der Waals surface area contributed by atoms with Gasteiger partial charge in [0.25, 0.3) is 5.91 Å². The van der Waals surface area contributed by atoms with Crippen molar-refractivity contribution in [3.8, 4) is 17.2 Å². The van der Waals surface area contributed by atoms with Gasteiger partial charge in [-0.1, -0.05) is 31.2 Å². The number of para-hydroxylation sites is 1. The SMILES string of the molecule is CCCOc1ccc(N2C(=O)[C@H]3[C@H](ON(c4ccccc4)[C@@H]3c3ccc(OC)c(OC)c3)C2=O)cc1. The molecule has 0 N–H and O–H groups in total. The Morgan fingerprint density at radius 3 is 2.22 bits per heavy atom. The number of amides is 2. The fourth-order valence-corrected chi connectivity index (χ4v) is 4.75. The molecule has 2 fully saturated rings. The summed E-state index contributed by atoms with van der Waals surface area (Å²) < 4.78 is 16.5. The number of fused-ring (bicyclic) bond motifs is 1. The molecule has 0 aliphatic carbocycles. The number of imide groups is 1. The van der Waals surface area contributed by atoms with E-state index in [4.69, 9.17) is 19.0 Å². The third-order valence-corrected chi connectivity index (χ3v) is 6.44. The maximum atomic E-state index is 13.8. The van der Waals surface area contributed by atoms with Gasteiger partial charge in [0.1, 0.15) is 11.7 Å². The Morgan fingerprint density at radius 1 is 0.833 bits per heavy atom. The standard InChI is InChI=1S/C28H28N2O6/c1-4-16-35-21-13-11-19(12-14-21)29-27(31)24-25(18-10-15-22(33-2)23(17-18)34-3)30(36-26(24)28(29)32)20-8-6-5-7-9-20/h5-15,17,24-26H,4,16H2,1-3H3/t24-,25-,26+/m1/s1. The van der Waals surface area contributed by atoms with E-state index in [1.54, 1.807) is 49.6 Å². The highest BCUT2D eigenvalue weighted by Gasteiger charge is 2.60. The molecule has 5 rings (SSSR count). The number of hydrogen-bond acceptors (Lipinski definition) is 7. The normalized spacial score (nSPS) is 21.0. The van der Waals surface area contributed by atoms with E-state index in [0.29, 0.717) is 29.5 Å². The minimum Gasteiger partial charge on any atom is -0.494 e. The molecular formula is C28H28N2O6. The lowest BCUT2D eigenvalue weighted by atomic mass is 9.90. The number of methoxy groups -OCH3 is 2. The molecule has 0 aromatic heterocycles. The zero-order valence-corrected chi connectivity index (χ0v) is 20.4. The lowest BCUT2D eigenvalue weighted by Gasteiger charge is -2.29. The fourth-order valence-electron chi connectivity index (χ4n) is 4.75. The first-order valence-electron chi connectivity index (χ1n) is 11.9. The minimum atomic E-state index is -0.952. The first kappa shape index (κ1) is 23.7. The molecule has 3 atom stereocenters. The predicted molar refractivity (Wildman–Crippen MR) is 134 cm³/mol. The van der Waals surface area contributed by atoms with E-state index in [2.05, 4.69) is 0 Å². The number of rotatable bonds is 8. The molecule has 3 aromatic carbocycles. The minimum absolute atomic E-state index is 0.314. The Kier molecular flexibility index (Phi) is 6.52. The van der Waals surface area contributed by atoms with Crippen LogP contribution in [0.2, 0.25) is 0 Å². The van der Waals surface area contributed by atoms with Crippen molar-refractivity contribution in [2.45, 2.75) is 25.5 Å². The molecule has 36 heavy (non-hydrogen) atoms. The summed E-state index contributed by atoms with van der Waals surface area (Å²) in [5.41, 5.74) is 2.01. The summed E-state index contributed by atoms with van der Waals surface area (Å²) >= 11 is 0. The molecule has 0 unspecified atom stereocenters. The molecule has 8 heteroatoms. The smallest absolute Gasteiger partial charge is 0.266 e. The molecule has 2 heterocycles. The molecule has 0 saturated carbocycles. The number of ether oxygens (including phenoxy) is 3. The molecule has 2 aliphatic rings. The molecule has 0 bridgehead atoms. The summed E-state index contributed by atoms with van der Waals surface area (Å²) in [6.45, 7) is 2.63. The molecule has 0 radical (unpaired) electrons. The zero-order valence-electron chi connectivity index (χ0n) is 20.4. The summed E-state index contributed by atoms with van der Waals surface area (Å²) in [6.07, 6.45) is -0.0621. The maximum Gasteiger partial charge on any atom is 0.266 e. The van der Waals surface area contributed by atoms with Crippen molar-refractivity contribution in [2.24, 2.45) is 5.92 Å². The van der Waals surface area contributed by atoms with Gasteiger partial charge in [0.15, 0.2) is 17.6 Å². The Morgan fingerprint density at radius 2 is 1.56 bits per heavy atom. The molecule has 2 aliphatic heterocycles. The Balaban J connectivity index is 1.52. The van der Waals surface area contributed by atoms with Crippen LogP contribution in [0.5, 0.6) is 17.2 Å². The topological polar surface area (TPSA) is 77.5 Å². The molecule has 3 aromatic rings. The highest BCUT2D eigenvalue weighted by atomic mass is 16.7. The Labute approximate surface area is 209 Å². The lowest BCUT2D eigenvalue weighted by molar-refractivity contribution is -0.126. The lowest BCUT2D eigenvalue weighted by Crippen LogP contribution is -2.37. The molecule has 0 spiro atoms. The van der Waals surface area contributed by atoms with E-state index in [1.165, 1.54) is 4.90 Å². The van der Waals surface area contributed by atoms with E-state index in [1.807, 2.05) is 49.4 Å². The summed E-state index contributed by atoms with van der Waals surface area (Å²) in [5.74, 6) is 0.342. The van der Waals surface area contributed by atoms with Crippen molar-refractivity contribution in [1.82, 2.24) is 0 Å².